The number of ether oxygens (including phenoxy) is 4. The van der Waals surface area contributed by atoms with Crippen molar-refractivity contribution in [2.24, 2.45) is 0 Å². The van der Waals surface area contributed by atoms with E-state index in [1.165, 1.54) is 11.8 Å². The third-order valence-corrected chi connectivity index (χ3v) is 9.09. The van der Waals surface area contributed by atoms with Gasteiger partial charge in [0, 0.05) is 36.9 Å². The molecule has 1 aliphatic carbocycles. The maximum Gasteiger partial charge on any atom is 0.303 e. The van der Waals surface area contributed by atoms with Gasteiger partial charge in [-0.25, -0.2) is 0 Å². The standard InChI is InChI=1S/C44H49NO9/c46-42(47)20-12-24-53-40-19-11-18-34(39(40)21-22-43(48)49)17-9-1-2-10-23-52-37-27-35(26-36(28-37)44(50)45-29-33-15-7-4-8-16-33)41-31-51-30-38(54-41)25-32-13-5-3-6-14-32/h3-5,7-8,11,13,15-16,18-19,26-28,30-31H,1-2,6,9-10,12,14,17,20-25,29H2,(H,45,50)(H,46,47)(H,48,49). The zero-order valence-corrected chi connectivity index (χ0v) is 30.6. The number of carbonyl (C=O) groups excluding carboxylic acids is 1. The second-order valence-electron chi connectivity index (χ2n) is 13.3. The molecular weight excluding hydrogens is 686 g/mol. The first-order chi connectivity index (χ1) is 26.3. The van der Waals surface area contributed by atoms with E-state index >= 15 is 0 Å². The number of hydrogen-bond donors (Lipinski definition) is 3. The molecule has 0 spiro atoms. The fourth-order valence-corrected chi connectivity index (χ4v) is 6.29. The van der Waals surface area contributed by atoms with Crippen molar-refractivity contribution >= 4 is 23.6 Å². The van der Waals surface area contributed by atoms with Crippen molar-refractivity contribution in [3.05, 3.63) is 137 Å². The molecule has 0 fully saturated rings. The highest BCUT2D eigenvalue weighted by Gasteiger charge is 2.18. The van der Waals surface area contributed by atoms with E-state index in [2.05, 4.69) is 23.5 Å². The number of rotatable bonds is 22. The van der Waals surface area contributed by atoms with E-state index in [9.17, 15) is 19.5 Å². The zero-order valence-electron chi connectivity index (χ0n) is 30.6. The zero-order chi connectivity index (χ0) is 38.0. The van der Waals surface area contributed by atoms with Gasteiger partial charge in [-0.15, -0.1) is 0 Å². The minimum atomic E-state index is -0.879. The fraction of sp³-hybridized carbons (Fsp3) is 0.341. The number of amides is 1. The van der Waals surface area contributed by atoms with Crippen molar-refractivity contribution in [3.8, 4) is 11.5 Å². The summed E-state index contributed by atoms with van der Waals surface area (Å²) < 4.78 is 24.0. The number of hydrogen-bond acceptors (Lipinski definition) is 7. The third kappa shape index (κ3) is 13.0. The predicted octanol–water partition coefficient (Wildman–Crippen LogP) is 8.91. The van der Waals surface area contributed by atoms with Gasteiger partial charge in [-0.2, -0.15) is 0 Å². The maximum atomic E-state index is 13.4. The summed E-state index contributed by atoms with van der Waals surface area (Å²) in [6.45, 7) is 1.11. The number of allylic oxidation sites excluding steroid dienone is 4. The summed E-state index contributed by atoms with van der Waals surface area (Å²) in [6, 6.07) is 20.9. The van der Waals surface area contributed by atoms with Gasteiger partial charge in [0.15, 0.2) is 5.76 Å². The summed E-state index contributed by atoms with van der Waals surface area (Å²) in [5, 5.41) is 21.2. The van der Waals surface area contributed by atoms with Crippen LogP contribution in [0.4, 0.5) is 0 Å². The Morgan fingerprint density at radius 1 is 0.796 bits per heavy atom. The highest BCUT2D eigenvalue weighted by atomic mass is 16.5. The number of aryl methyl sites for hydroxylation is 1. The molecule has 10 nitrogen and oxygen atoms in total. The Balaban J connectivity index is 1.16. The first-order valence-electron chi connectivity index (χ1n) is 18.7. The van der Waals surface area contributed by atoms with Crippen LogP contribution >= 0.6 is 0 Å². The van der Waals surface area contributed by atoms with Gasteiger partial charge in [0.1, 0.15) is 29.8 Å². The monoisotopic (exact) mass is 735 g/mol. The predicted molar refractivity (Wildman–Crippen MR) is 206 cm³/mol. The molecule has 0 radical (unpaired) electrons. The molecule has 5 rings (SSSR count). The van der Waals surface area contributed by atoms with E-state index in [4.69, 9.17) is 24.1 Å². The van der Waals surface area contributed by atoms with E-state index in [0.717, 1.165) is 61.6 Å². The summed E-state index contributed by atoms with van der Waals surface area (Å²) in [5.41, 5.74) is 5.30. The number of carboxylic acid groups (broad SMARTS) is 2. The first-order valence-corrected chi connectivity index (χ1v) is 18.7. The number of benzene rings is 3. The smallest absolute Gasteiger partial charge is 0.303 e. The van der Waals surface area contributed by atoms with Gasteiger partial charge in [0.05, 0.1) is 13.2 Å². The Kier molecular flexibility index (Phi) is 15.4. The van der Waals surface area contributed by atoms with Crippen molar-refractivity contribution in [3.63, 3.8) is 0 Å². The summed E-state index contributed by atoms with van der Waals surface area (Å²) in [5.74, 6) is 0.389. The molecule has 1 amide bonds. The van der Waals surface area contributed by atoms with E-state index in [1.807, 2.05) is 54.6 Å². The van der Waals surface area contributed by atoms with Crippen molar-refractivity contribution in [1.29, 1.82) is 0 Å². The Hall–Kier alpha value is -5.77. The number of carboxylic acids is 2. The van der Waals surface area contributed by atoms with Crippen LogP contribution in [0.5, 0.6) is 11.5 Å². The molecule has 0 atom stereocenters. The molecule has 54 heavy (non-hydrogen) atoms. The average Bonchev–Trinajstić information content (AvgIpc) is 3.18. The lowest BCUT2D eigenvalue weighted by atomic mass is 9.97. The summed E-state index contributed by atoms with van der Waals surface area (Å²) >= 11 is 0. The average molecular weight is 736 g/mol. The summed E-state index contributed by atoms with van der Waals surface area (Å²) in [6.07, 6.45) is 17.1. The molecule has 1 aliphatic heterocycles. The largest absolute Gasteiger partial charge is 0.494 e. The Labute approximate surface area is 316 Å². The normalized spacial score (nSPS) is 13.4. The number of aliphatic carboxylic acids is 2. The SMILES string of the molecule is O=C(O)CCCOc1cccc(CCCCCCOc2cc(C(=O)NCc3ccccc3)cc(C3=COC=C(CC4=CC=CCC4)O3)c2)c1CCC(=O)O. The second-order valence-corrected chi connectivity index (χ2v) is 13.3. The van der Waals surface area contributed by atoms with Crippen LogP contribution in [0.1, 0.15) is 96.8 Å². The number of carbonyl (C=O) groups is 3. The van der Waals surface area contributed by atoms with Crippen molar-refractivity contribution in [2.45, 2.75) is 83.6 Å². The summed E-state index contributed by atoms with van der Waals surface area (Å²) in [7, 11) is 0. The van der Waals surface area contributed by atoms with Crippen LogP contribution in [-0.2, 0) is 38.4 Å². The Bertz CT molecular complexity index is 1860. The highest BCUT2D eigenvalue weighted by molar-refractivity contribution is 5.95. The summed E-state index contributed by atoms with van der Waals surface area (Å²) in [4.78, 5) is 35.6. The molecule has 0 unspecified atom stereocenters. The van der Waals surface area contributed by atoms with Gasteiger partial charge < -0.3 is 34.5 Å². The Morgan fingerprint density at radius 3 is 2.41 bits per heavy atom. The van der Waals surface area contributed by atoms with Gasteiger partial charge in [-0.1, -0.05) is 79.1 Å². The fourth-order valence-electron chi connectivity index (χ4n) is 6.29. The highest BCUT2D eigenvalue weighted by Crippen LogP contribution is 2.32. The number of nitrogens with one attached hydrogen (secondary N) is 1. The molecule has 0 saturated heterocycles. The van der Waals surface area contributed by atoms with Crippen molar-refractivity contribution in [1.82, 2.24) is 5.32 Å². The topological polar surface area (TPSA) is 141 Å². The molecule has 284 valence electrons. The van der Waals surface area contributed by atoms with Crippen LogP contribution in [0.2, 0.25) is 0 Å². The molecule has 0 saturated carbocycles. The minimum Gasteiger partial charge on any atom is -0.494 e. The maximum absolute atomic E-state index is 13.4. The lowest BCUT2D eigenvalue weighted by molar-refractivity contribution is -0.138. The third-order valence-electron chi connectivity index (χ3n) is 9.09. The van der Waals surface area contributed by atoms with Crippen LogP contribution in [0.15, 0.2) is 109 Å². The lowest BCUT2D eigenvalue weighted by Crippen LogP contribution is -2.23. The van der Waals surface area contributed by atoms with Crippen molar-refractivity contribution < 1.29 is 43.5 Å². The lowest BCUT2D eigenvalue weighted by Gasteiger charge is -2.19. The van der Waals surface area contributed by atoms with Gasteiger partial charge in [0.25, 0.3) is 5.91 Å². The van der Waals surface area contributed by atoms with Crippen LogP contribution < -0.4 is 14.8 Å². The Morgan fingerprint density at radius 2 is 1.61 bits per heavy atom. The van der Waals surface area contributed by atoms with Crippen molar-refractivity contribution in [2.75, 3.05) is 13.2 Å². The van der Waals surface area contributed by atoms with Crippen LogP contribution in [0.25, 0.3) is 5.76 Å². The molecule has 10 heteroatoms. The van der Waals surface area contributed by atoms with Crippen LogP contribution in [0, 0.1) is 0 Å². The van der Waals surface area contributed by atoms with E-state index in [1.54, 1.807) is 18.4 Å². The molecular formula is C44H49NO9. The molecule has 3 aromatic rings. The van der Waals surface area contributed by atoms with Gasteiger partial charge in [-0.3, -0.25) is 14.4 Å². The van der Waals surface area contributed by atoms with E-state index in [0.29, 0.717) is 66.6 Å². The minimum absolute atomic E-state index is 0.0121. The molecule has 1 heterocycles. The van der Waals surface area contributed by atoms with Gasteiger partial charge in [0.2, 0.25) is 0 Å². The molecule has 2 aliphatic rings. The first kappa shape index (κ1) is 39.4. The number of unbranched alkanes of at least 4 members (excludes halogenated alkanes) is 3. The molecule has 3 aromatic carbocycles. The molecule has 0 bridgehead atoms. The van der Waals surface area contributed by atoms with E-state index in [-0.39, 0.29) is 25.4 Å². The van der Waals surface area contributed by atoms with Crippen LogP contribution in [0.3, 0.4) is 0 Å². The molecule has 3 N–H and O–H groups in total. The van der Waals surface area contributed by atoms with E-state index < -0.39 is 11.9 Å². The van der Waals surface area contributed by atoms with Crippen LogP contribution in [-0.4, -0.2) is 41.3 Å². The van der Waals surface area contributed by atoms with Gasteiger partial charge in [-0.05, 0) is 85.9 Å². The van der Waals surface area contributed by atoms with Gasteiger partial charge >= 0.3 is 11.9 Å². The second kappa shape index (κ2) is 21.1. The molecule has 0 aromatic heterocycles. The quantitative estimate of drug-likeness (QED) is 0.0863.